The molecular formula is C21H31N5O7S. The third-order valence-corrected chi connectivity index (χ3v) is 5.18. The third kappa shape index (κ3) is 9.27. The Kier molecular flexibility index (Phi) is 11.3. The molecule has 0 saturated heterocycles. The maximum atomic E-state index is 12.9. The molecule has 1 aromatic carbocycles. The van der Waals surface area contributed by atoms with E-state index in [9.17, 15) is 34.2 Å². The summed E-state index contributed by atoms with van der Waals surface area (Å²) in [5.41, 5.74) is 11.2. The highest BCUT2D eigenvalue weighted by atomic mass is 32.1. The normalized spacial score (nSPS) is 14.4. The number of hydrogen-bond donors (Lipinski definition) is 8. The Hall–Kier alpha value is -3.32. The molecule has 0 aliphatic carbocycles. The Morgan fingerprint density at radius 3 is 1.94 bits per heavy atom. The minimum Gasteiger partial charge on any atom is -0.508 e. The second-order valence-electron chi connectivity index (χ2n) is 8.02. The lowest BCUT2D eigenvalue weighted by Crippen LogP contribution is -2.58. The Bertz CT molecular complexity index is 894. The van der Waals surface area contributed by atoms with Crippen LogP contribution in [-0.2, 0) is 30.4 Å². The predicted octanol–water partition coefficient (Wildman–Crippen LogP) is -1.74. The summed E-state index contributed by atoms with van der Waals surface area (Å²) in [5.74, 6) is -4.94. The fourth-order valence-electron chi connectivity index (χ4n) is 2.90. The quantitative estimate of drug-likeness (QED) is 0.146. The van der Waals surface area contributed by atoms with Crippen LogP contribution < -0.4 is 27.4 Å². The molecule has 188 valence electrons. The zero-order chi connectivity index (χ0) is 26.0. The van der Waals surface area contributed by atoms with E-state index in [1.165, 1.54) is 12.1 Å². The average molecular weight is 498 g/mol. The van der Waals surface area contributed by atoms with Gasteiger partial charge in [-0.2, -0.15) is 12.6 Å². The monoisotopic (exact) mass is 497 g/mol. The number of carbonyl (C=O) groups excluding carboxylic acids is 4. The van der Waals surface area contributed by atoms with E-state index in [0.29, 0.717) is 5.56 Å². The number of aliphatic carboxylic acids is 1. The fraction of sp³-hybridized carbons (Fsp3) is 0.476. The summed E-state index contributed by atoms with van der Waals surface area (Å²) in [6, 6.07) is 1.000. The zero-order valence-electron chi connectivity index (χ0n) is 18.9. The predicted molar refractivity (Wildman–Crippen MR) is 126 cm³/mol. The molecule has 0 radical (unpaired) electrons. The number of primary amides is 1. The number of nitrogens with two attached hydrogens (primary N) is 2. The first-order valence-corrected chi connectivity index (χ1v) is 11.1. The van der Waals surface area contributed by atoms with Crippen molar-refractivity contribution in [3.8, 4) is 5.75 Å². The molecule has 0 aliphatic rings. The topological polar surface area (TPSA) is 214 Å². The minimum atomic E-state index is -1.27. The number of hydrogen-bond acceptors (Lipinski definition) is 8. The maximum Gasteiger partial charge on any atom is 0.326 e. The molecule has 0 spiro atoms. The molecule has 4 unspecified atom stereocenters. The van der Waals surface area contributed by atoms with Gasteiger partial charge >= 0.3 is 5.97 Å². The van der Waals surface area contributed by atoms with Crippen LogP contribution in [0.15, 0.2) is 24.3 Å². The van der Waals surface area contributed by atoms with E-state index >= 15 is 0 Å². The molecule has 0 aromatic heterocycles. The molecular weight excluding hydrogens is 466 g/mol. The highest BCUT2D eigenvalue weighted by molar-refractivity contribution is 7.80. The van der Waals surface area contributed by atoms with E-state index in [4.69, 9.17) is 11.5 Å². The number of thiol groups is 1. The number of aromatic hydroxyl groups is 1. The van der Waals surface area contributed by atoms with Crippen molar-refractivity contribution in [3.05, 3.63) is 29.8 Å². The van der Waals surface area contributed by atoms with Crippen molar-refractivity contribution >= 4 is 42.2 Å². The van der Waals surface area contributed by atoms with Crippen LogP contribution in [0.4, 0.5) is 0 Å². The van der Waals surface area contributed by atoms with E-state index in [-0.39, 0.29) is 17.9 Å². The summed E-state index contributed by atoms with van der Waals surface area (Å²) in [6.07, 6.45) is -0.457. The number of amides is 4. The number of phenolic OH excluding ortho intramolecular Hbond substituents is 1. The number of carboxylic acid groups (broad SMARTS) is 1. The van der Waals surface area contributed by atoms with E-state index in [0.717, 1.165) is 0 Å². The summed E-state index contributed by atoms with van der Waals surface area (Å²) in [5, 5.41) is 26.1. The molecule has 9 N–H and O–H groups in total. The van der Waals surface area contributed by atoms with Gasteiger partial charge < -0.3 is 37.6 Å². The lowest BCUT2D eigenvalue weighted by atomic mass is 10.0. The number of rotatable bonds is 13. The SMILES string of the molecule is CC(C)C(NC(=O)C(Cc1ccc(O)cc1)NC(=O)C(CS)NC(=O)C(N)CC(N)=O)C(=O)O. The van der Waals surface area contributed by atoms with Gasteiger partial charge in [0, 0.05) is 12.2 Å². The van der Waals surface area contributed by atoms with E-state index in [1.807, 2.05) is 0 Å². The Morgan fingerprint density at radius 1 is 0.941 bits per heavy atom. The van der Waals surface area contributed by atoms with Gasteiger partial charge in [0.2, 0.25) is 23.6 Å². The molecule has 12 nitrogen and oxygen atoms in total. The first-order valence-electron chi connectivity index (χ1n) is 10.4. The van der Waals surface area contributed by atoms with Crippen LogP contribution in [0.2, 0.25) is 0 Å². The summed E-state index contributed by atoms with van der Waals surface area (Å²) in [4.78, 5) is 60.4. The number of phenols is 1. The average Bonchev–Trinajstić information content (AvgIpc) is 2.75. The van der Waals surface area contributed by atoms with Crippen LogP contribution in [0.5, 0.6) is 5.75 Å². The summed E-state index contributed by atoms with van der Waals surface area (Å²) in [6.45, 7) is 3.24. The van der Waals surface area contributed by atoms with Crippen LogP contribution in [0.1, 0.15) is 25.8 Å². The van der Waals surface area contributed by atoms with Crippen LogP contribution in [0, 0.1) is 5.92 Å². The highest BCUT2D eigenvalue weighted by Gasteiger charge is 2.31. The maximum absolute atomic E-state index is 12.9. The van der Waals surface area contributed by atoms with Crippen LogP contribution in [-0.4, -0.2) is 69.7 Å². The first-order chi connectivity index (χ1) is 15.8. The summed E-state index contributed by atoms with van der Waals surface area (Å²) >= 11 is 4.05. The van der Waals surface area contributed by atoms with Gasteiger partial charge in [0.25, 0.3) is 0 Å². The van der Waals surface area contributed by atoms with Gasteiger partial charge in [-0.1, -0.05) is 26.0 Å². The smallest absolute Gasteiger partial charge is 0.326 e. The molecule has 4 amide bonds. The largest absolute Gasteiger partial charge is 0.508 e. The Balaban J connectivity index is 3.05. The van der Waals surface area contributed by atoms with E-state index < -0.39 is 66.1 Å². The van der Waals surface area contributed by atoms with E-state index in [1.54, 1.807) is 26.0 Å². The lowest BCUT2D eigenvalue weighted by Gasteiger charge is -2.25. The van der Waals surface area contributed by atoms with Gasteiger partial charge in [-0.05, 0) is 23.6 Å². The van der Waals surface area contributed by atoms with Crippen molar-refractivity contribution < 1.29 is 34.2 Å². The van der Waals surface area contributed by atoms with Crippen molar-refractivity contribution in [2.24, 2.45) is 17.4 Å². The molecule has 0 heterocycles. The van der Waals surface area contributed by atoms with Crippen molar-refractivity contribution in [1.82, 2.24) is 16.0 Å². The lowest BCUT2D eigenvalue weighted by molar-refractivity contribution is -0.143. The highest BCUT2D eigenvalue weighted by Crippen LogP contribution is 2.12. The Morgan fingerprint density at radius 2 is 1.47 bits per heavy atom. The van der Waals surface area contributed by atoms with Crippen LogP contribution in [0.3, 0.4) is 0 Å². The van der Waals surface area contributed by atoms with Crippen molar-refractivity contribution in [3.63, 3.8) is 0 Å². The molecule has 0 aliphatic heterocycles. The second kappa shape index (κ2) is 13.4. The molecule has 1 aromatic rings. The Labute approximate surface area is 202 Å². The van der Waals surface area contributed by atoms with Gasteiger partial charge in [-0.3, -0.25) is 19.2 Å². The van der Waals surface area contributed by atoms with Gasteiger partial charge in [0.15, 0.2) is 0 Å². The van der Waals surface area contributed by atoms with Crippen LogP contribution >= 0.6 is 12.6 Å². The van der Waals surface area contributed by atoms with Crippen molar-refractivity contribution in [2.45, 2.75) is 50.9 Å². The molecule has 1 rings (SSSR count). The minimum absolute atomic E-state index is 0.00434. The number of nitrogens with one attached hydrogen (secondary N) is 3. The second-order valence-corrected chi connectivity index (χ2v) is 8.39. The van der Waals surface area contributed by atoms with Gasteiger partial charge in [0.05, 0.1) is 12.5 Å². The molecule has 34 heavy (non-hydrogen) atoms. The van der Waals surface area contributed by atoms with Gasteiger partial charge in [-0.15, -0.1) is 0 Å². The molecule has 0 fully saturated rings. The van der Waals surface area contributed by atoms with E-state index in [2.05, 4.69) is 28.6 Å². The van der Waals surface area contributed by atoms with Crippen LogP contribution in [0.25, 0.3) is 0 Å². The standard InChI is InChI=1S/C21H31N5O7S/c1-10(2)17(21(32)33)26-19(30)14(7-11-3-5-12(27)6-4-11)24-20(31)15(9-34)25-18(29)13(22)8-16(23)28/h3-6,10,13-15,17,27,34H,7-9,22H2,1-2H3,(H2,23,28)(H,24,31)(H,25,29)(H,26,30)(H,32,33). The third-order valence-electron chi connectivity index (χ3n) is 4.81. The number of carbonyl (C=O) groups is 5. The summed E-state index contributed by atoms with van der Waals surface area (Å²) in [7, 11) is 0. The first kappa shape index (κ1) is 28.7. The molecule has 4 atom stereocenters. The zero-order valence-corrected chi connectivity index (χ0v) is 19.7. The molecule has 0 bridgehead atoms. The van der Waals surface area contributed by atoms with Crippen molar-refractivity contribution in [1.29, 1.82) is 0 Å². The molecule has 0 saturated carbocycles. The molecule has 13 heteroatoms. The van der Waals surface area contributed by atoms with Gasteiger partial charge in [-0.25, -0.2) is 4.79 Å². The van der Waals surface area contributed by atoms with Crippen molar-refractivity contribution in [2.75, 3.05) is 5.75 Å². The van der Waals surface area contributed by atoms with Gasteiger partial charge in [0.1, 0.15) is 23.9 Å². The summed E-state index contributed by atoms with van der Waals surface area (Å²) < 4.78 is 0. The number of benzene rings is 1. The number of carboxylic acids is 1. The fourth-order valence-corrected chi connectivity index (χ4v) is 3.16.